The maximum Gasteiger partial charge on any atom is 0.335 e. The van der Waals surface area contributed by atoms with Gasteiger partial charge in [-0.3, -0.25) is 0 Å². The Morgan fingerprint density at radius 3 is 1.82 bits per heavy atom. The van der Waals surface area contributed by atoms with Crippen molar-refractivity contribution in [2.75, 3.05) is 7.11 Å². The van der Waals surface area contributed by atoms with E-state index >= 15 is 0 Å². The number of carbonyl (C=O) groups excluding carboxylic acids is 1. The second-order valence-corrected chi connectivity index (χ2v) is 9.43. The van der Waals surface area contributed by atoms with Gasteiger partial charge in [-0.2, -0.15) is 0 Å². The maximum absolute atomic E-state index is 12.6. The van der Waals surface area contributed by atoms with Crippen LogP contribution in [-0.4, -0.2) is 36.8 Å². The highest BCUT2D eigenvalue weighted by Gasteiger charge is 2.48. The second-order valence-electron chi connectivity index (χ2n) is 8.26. The average Bonchev–Trinajstić information content (AvgIpc) is 2.89. The van der Waals surface area contributed by atoms with Crippen LogP contribution in [0.4, 0.5) is 0 Å². The summed E-state index contributed by atoms with van der Waals surface area (Å²) in [5.74, 6) is -0.662. The van der Waals surface area contributed by atoms with Crippen LogP contribution in [0, 0.1) is 5.92 Å². The van der Waals surface area contributed by atoms with Gasteiger partial charge in [0, 0.05) is 10.8 Å². The van der Waals surface area contributed by atoms with Crippen molar-refractivity contribution in [1.82, 2.24) is 0 Å². The van der Waals surface area contributed by atoms with Crippen molar-refractivity contribution >= 4 is 17.7 Å². The van der Waals surface area contributed by atoms with Crippen LogP contribution >= 0.6 is 11.8 Å². The lowest BCUT2D eigenvalue weighted by Gasteiger charge is -2.44. The fourth-order valence-corrected chi connectivity index (χ4v) is 5.17. The van der Waals surface area contributed by atoms with E-state index in [1.807, 2.05) is 97.9 Å². The molecule has 3 aromatic rings. The summed E-state index contributed by atoms with van der Waals surface area (Å²) in [6, 6.07) is 30.0. The Morgan fingerprint density at radius 2 is 1.29 bits per heavy atom. The summed E-state index contributed by atoms with van der Waals surface area (Å²) < 4.78 is 24.3. The number of methoxy groups -OCH3 is 1. The molecule has 6 heteroatoms. The highest BCUT2D eigenvalue weighted by molar-refractivity contribution is 7.99. The molecular weight excluding hydrogens is 448 g/mol. The summed E-state index contributed by atoms with van der Waals surface area (Å²) in [5.41, 5.74) is 1.67. The Hall–Kier alpha value is -2.64. The van der Waals surface area contributed by atoms with Gasteiger partial charge in [-0.05, 0) is 23.3 Å². The van der Waals surface area contributed by atoms with Crippen molar-refractivity contribution < 1.29 is 23.7 Å². The van der Waals surface area contributed by atoms with E-state index in [0.29, 0.717) is 13.2 Å². The first-order chi connectivity index (χ1) is 16.7. The van der Waals surface area contributed by atoms with Gasteiger partial charge in [0.15, 0.2) is 6.10 Å². The molecule has 4 rings (SSSR count). The molecule has 0 N–H and O–H groups in total. The number of esters is 1. The summed E-state index contributed by atoms with van der Waals surface area (Å²) >= 11 is 1.53. The van der Waals surface area contributed by atoms with Crippen molar-refractivity contribution in [3.8, 4) is 0 Å². The summed E-state index contributed by atoms with van der Waals surface area (Å²) in [6.45, 7) is 2.79. The number of hydrogen-bond acceptors (Lipinski definition) is 6. The van der Waals surface area contributed by atoms with Crippen LogP contribution in [0.1, 0.15) is 18.1 Å². The monoisotopic (exact) mass is 478 g/mol. The van der Waals surface area contributed by atoms with Crippen LogP contribution in [0.5, 0.6) is 0 Å². The Kier molecular flexibility index (Phi) is 8.77. The topological polar surface area (TPSA) is 54.0 Å². The number of ether oxygens (including phenoxy) is 4. The fraction of sp³-hybridized carbons (Fsp3) is 0.321. The van der Waals surface area contributed by atoms with Crippen molar-refractivity contribution in [3.05, 3.63) is 102 Å². The Bertz CT molecular complexity index is 1010. The van der Waals surface area contributed by atoms with E-state index < -0.39 is 23.6 Å². The zero-order chi connectivity index (χ0) is 23.8. The molecule has 5 atom stereocenters. The Balaban J connectivity index is 1.61. The van der Waals surface area contributed by atoms with Gasteiger partial charge >= 0.3 is 5.97 Å². The molecule has 34 heavy (non-hydrogen) atoms. The predicted molar refractivity (Wildman–Crippen MR) is 132 cm³/mol. The third-order valence-electron chi connectivity index (χ3n) is 5.87. The largest absolute Gasteiger partial charge is 0.467 e. The molecular formula is C28H30O5S. The van der Waals surface area contributed by atoms with E-state index in [9.17, 15) is 4.79 Å². The minimum absolute atomic E-state index is 0.260. The van der Waals surface area contributed by atoms with Crippen LogP contribution in [0.2, 0.25) is 0 Å². The first kappa shape index (κ1) is 24.5. The molecule has 0 aliphatic carbocycles. The molecule has 2 unspecified atom stereocenters. The van der Waals surface area contributed by atoms with E-state index in [1.165, 1.54) is 18.9 Å². The van der Waals surface area contributed by atoms with Gasteiger partial charge in [-0.25, -0.2) is 4.79 Å². The van der Waals surface area contributed by atoms with Gasteiger partial charge in [0.1, 0.15) is 11.5 Å². The first-order valence-corrected chi connectivity index (χ1v) is 12.3. The molecule has 3 aromatic carbocycles. The molecule has 1 fully saturated rings. The average molecular weight is 479 g/mol. The van der Waals surface area contributed by atoms with Gasteiger partial charge in [0.25, 0.3) is 0 Å². The van der Waals surface area contributed by atoms with Gasteiger partial charge in [-0.15, -0.1) is 0 Å². The minimum Gasteiger partial charge on any atom is -0.467 e. The molecule has 1 aliphatic rings. The highest BCUT2D eigenvalue weighted by Crippen LogP contribution is 2.39. The summed E-state index contributed by atoms with van der Waals surface area (Å²) in [5, 5.41) is 0. The fourth-order valence-electron chi connectivity index (χ4n) is 4.04. The number of carbonyl (C=O) groups is 1. The number of thioether (sulfide) groups is 1. The Morgan fingerprint density at radius 1 is 0.794 bits per heavy atom. The molecule has 0 saturated carbocycles. The summed E-state index contributed by atoms with van der Waals surface area (Å²) in [6.07, 6.45) is -1.52. The van der Waals surface area contributed by atoms with E-state index in [-0.39, 0.29) is 12.0 Å². The number of rotatable bonds is 9. The van der Waals surface area contributed by atoms with Crippen LogP contribution < -0.4 is 0 Å². The van der Waals surface area contributed by atoms with Gasteiger partial charge in [0.05, 0.1) is 26.4 Å². The molecule has 0 radical (unpaired) electrons. The maximum atomic E-state index is 12.6. The van der Waals surface area contributed by atoms with Crippen molar-refractivity contribution in [2.45, 2.75) is 48.8 Å². The normalized spacial score (nSPS) is 24.5. The highest BCUT2D eigenvalue weighted by atomic mass is 32.2. The molecule has 1 heterocycles. The van der Waals surface area contributed by atoms with Gasteiger partial charge < -0.3 is 18.9 Å². The molecule has 1 aliphatic heterocycles. The van der Waals surface area contributed by atoms with Gasteiger partial charge in [-0.1, -0.05) is 97.5 Å². The third-order valence-corrected chi connectivity index (χ3v) is 7.02. The summed E-state index contributed by atoms with van der Waals surface area (Å²) in [7, 11) is 1.38. The van der Waals surface area contributed by atoms with Crippen LogP contribution in [0.25, 0.3) is 0 Å². The lowest BCUT2D eigenvalue weighted by Crippen LogP contribution is -2.56. The predicted octanol–water partition coefficient (Wildman–Crippen LogP) is 5.48. The second kappa shape index (κ2) is 12.2. The van der Waals surface area contributed by atoms with Crippen LogP contribution in [-0.2, 0) is 37.0 Å². The zero-order valence-corrected chi connectivity index (χ0v) is 20.2. The summed E-state index contributed by atoms with van der Waals surface area (Å²) in [4.78, 5) is 13.7. The lowest BCUT2D eigenvalue weighted by molar-refractivity contribution is -0.217. The van der Waals surface area contributed by atoms with E-state index in [2.05, 4.69) is 0 Å². The molecule has 5 nitrogen and oxygen atoms in total. The quantitative estimate of drug-likeness (QED) is 0.380. The molecule has 0 aromatic heterocycles. The Labute approximate surface area is 205 Å². The number of hydrogen-bond donors (Lipinski definition) is 0. The minimum atomic E-state index is -0.747. The third kappa shape index (κ3) is 6.27. The number of benzene rings is 3. The van der Waals surface area contributed by atoms with E-state index in [1.54, 1.807) is 0 Å². The van der Waals surface area contributed by atoms with Gasteiger partial charge in [0.2, 0.25) is 0 Å². The van der Waals surface area contributed by atoms with Crippen LogP contribution in [0.15, 0.2) is 95.9 Å². The standard InChI is InChI=1S/C28H30O5S/c1-20-24(31-18-21-12-6-3-7-13-21)26(32-19-22-14-8-4-9-15-22)28(33-25(20)27(29)30-2)34-23-16-10-5-11-17-23/h3-17,20,24-26,28H,18-19H2,1-2H3/t20-,24+,25?,26?,28-/m0/s1. The lowest BCUT2D eigenvalue weighted by atomic mass is 9.90. The molecule has 0 amide bonds. The van der Waals surface area contributed by atoms with Crippen molar-refractivity contribution in [3.63, 3.8) is 0 Å². The SMILES string of the molecule is COC(=O)C1O[C@@H](Sc2ccccc2)C(OCc2ccccc2)[C@H](OCc2ccccc2)[C@@H]1C. The molecule has 178 valence electrons. The van der Waals surface area contributed by atoms with E-state index in [0.717, 1.165) is 16.0 Å². The first-order valence-electron chi connectivity index (χ1n) is 11.4. The molecule has 0 bridgehead atoms. The van der Waals surface area contributed by atoms with Crippen molar-refractivity contribution in [1.29, 1.82) is 0 Å². The molecule has 0 spiro atoms. The zero-order valence-electron chi connectivity index (χ0n) is 19.4. The van der Waals surface area contributed by atoms with E-state index in [4.69, 9.17) is 18.9 Å². The smallest absolute Gasteiger partial charge is 0.335 e. The van der Waals surface area contributed by atoms with Crippen LogP contribution in [0.3, 0.4) is 0 Å². The molecule has 1 saturated heterocycles. The van der Waals surface area contributed by atoms with Crippen molar-refractivity contribution in [2.24, 2.45) is 5.92 Å².